The van der Waals surface area contributed by atoms with E-state index in [1.165, 1.54) is 0 Å². The first-order valence-electron chi connectivity index (χ1n) is 12.0. The predicted molar refractivity (Wildman–Crippen MR) is 126 cm³/mol. The number of benzene rings is 2. The number of alkyl carbamates (subject to hydrolysis) is 1. The number of carboxylic acid groups (broad SMARTS) is 1. The highest BCUT2D eigenvalue weighted by Crippen LogP contribution is 2.63. The monoisotopic (exact) mass is 462 g/mol. The molecule has 5 rings (SSSR count). The number of fused-ring (bicyclic) bond motifs is 4. The first kappa shape index (κ1) is 22.4. The lowest BCUT2D eigenvalue weighted by atomic mass is 9.98. The van der Waals surface area contributed by atoms with Crippen LogP contribution in [0, 0.1) is 17.3 Å². The SMILES string of the molecule is CC(C)C(NC(=O)OCC1c2ccccc2-c2ccccc21)C(=O)NC1CC2CC2(C(=O)O)C1. The molecule has 0 bridgehead atoms. The van der Waals surface area contributed by atoms with Gasteiger partial charge in [-0.1, -0.05) is 62.4 Å². The summed E-state index contributed by atoms with van der Waals surface area (Å²) in [6.45, 7) is 3.90. The van der Waals surface area contributed by atoms with Crippen molar-refractivity contribution in [2.45, 2.75) is 51.1 Å². The number of carbonyl (C=O) groups excluding carboxylic acids is 2. The number of carbonyl (C=O) groups is 3. The molecule has 4 atom stereocenters. The molecule has 2 fully saturated rings. The number of hydrogen-bond donors (Lipinski definition) is 3. The summed E-state index contributed by atoms with van der Waals surface area (Å²) in [5.74, 6) is -1.13. The summed E-state index contributed by atoms with van der Waals surface area (Å²) in [6, 6.07) is 15.3. The van der Waals surface area contributed by atoms with Gasteiger partial charge in [-0.25, -0.2) is 4.79 Å². The quantitative estimate of drug-likeness (QED) is 0.579. The summed E-state index contributed by atoms with van der Waals surface area (Å²) in [7, 11) is 0. The summed E-state index contributed by atoms with van der Waals surface area (Å²) in [6.07, 6.45) is 1.19. The van der Waals surface area contributed by atoms with Crippen molar-refractivity contribution in [3.05, 3.63) is 59.7 Å². The van der Waals surface area contributed by atoms with Crippen molar-refractivity contribution in [1.29, 1.82) is 0 Å². The largest absolute Gasteiger partial charge is 0.481 e. The predicted octanol–water partition coefficient (Wildman–Crippen LogP) is 3.92. The first-order chi connectivity index (χ1) is 16.3. The smallest absolute Gasteiger partial charge is 0.407 e. The van der Waals surface area contributed by atoms with Crippen LogP contribution in [-0.4, -0.2) is 41.8 Å². The normalized spacial score (nSPS) is 25.1. The van der Waals surface area contributed by atoms with Crippen LogP contribution in [-0.2, 0) is 14.3 Å². The zero-order valence-corrected chi connectivity index (χ0v) is 19.4. The van der Waals surface area contributed by atoms with Gasteiger partial charge in [0.2, 0.25) is 5.91 Å². The minimum Gasteiger partial charge on any atom is -0.481 e. The molecule has 34 heavy (non-hydrogen) atoms. The average molecular weight is 463 g/mol. The van der Waals surface area contributed by atoms with Crippen LogP contribution in [0.2, 0.25) is 0 Å². The van der Waals surface area contributed by atoms with Crippen molar-refractivity contribution in [2.75, 3.05) is 6.61 Å². The third-order valence-electron chi connectivity index (χ3n) is 7.75. The van der Waals surface area contributed by atoms with E-state index in [1.54, 1.807) is 0 Å². The topological polar surface area (TPSA) is 105 Å². The number of nitrogens with one attached hydrogen (secondary N) is 2. The highest BCUT2D eigenvalue weighted by molar-refractivity contribution is 5.87. The van der Waals surface area contributed by atoms with Crippen LogP contribution in [0.1, 0.15) is 50.2 Å². The molecular formula is C27H30N2O5. The van der Waals surface area contributed by atoms with E-state index in [1.807, 2.05) is 38.1 Å². The average Bonchev–Trinajstić information content (AvgIpc) is 3.25. The molecular weight excluding hydrogens is 432 g/mol. The van der Waals surface area contributed by atoms with Crippen LogP contribution >= 0.6 is 0 Å². The van der Waals surface area contributed by atoms with E-state index >= 15 is 0 Å². The van der Waals surface area contributed by atoms with Gasteiger partial charge in [0.1, 0.15) is 12.6 Å². The maximum absolute atomic E-state index is 12.9. The maximum atomic E-state index is 12.9. The molecule has 178 valence electrons. The van der Waals surface area contributed by atoms with Gasteiger partial charge in [-0.05, 0) is 53.4 Å². The number of carboxylic acids is 1. The molecule has 0 aromatic heterocycles. The second-order valence-corrected chi connectivity index (χ2v) is 10.2. The molecule has 0 heterocycles. The Hall–Kier alpha value is -3.35. The van der Waals surface area contributed by atoms with Gasteiger partial charge in [0.15, 0.2) is 0 Å². The molecule has 7 nitrogen and oxygen atoms in total. The van der Waals surface area contributed by atoms with Crippen LogP contribution in [0.4, 0.5) is 4.79 Å². The van der Waals surface area contributed by atoms with Crippen LogP contribution in [0.5, 0.6) is 0 Å². The van der Waals surface area contributed by atoms with E-state index in [2.05, 4.69) is 34.9 Å². The fraction of sp³-hybridized carbons (Fsp3) is 0.444. The lowest BCUT2D eigenvalue weighted by Crippen LogP contribution is -2.52. The molecule has 4 unspecified atom stereocenters. The lowest BCUT2D eigenvalue weighted by Gasteiger charge is -2.25. The second-order valence-electron chi connectivity index (χ2n) is 10.2. The maximum Gasteiger partial charge on any atom is 0.407 e. The van der Waals surface area contributed by atoms with E-state index in [-0.39, 0.29) is 36.3 Å². The molecule has 2 amide bonds. The summed E-state index contributed by atoms with van der Waals surface area (Å²) < 4.78 is 5.60. The van der Waals surface area contributed by atoms with Crippen molar-refractivity contribution in [1.82, 2.24) is 10.6 Å². The number of hydrogen-bond acceptors (Lipinski definition) is 4. The Morgan fingerprint density at radius 3 is 2.21 bits per heavy atom. The Morgan fingerprint density at radius 1 is 1.03 bits per heavy atom. The van der Waals surface area contributed by atoms with Crippen molar-refractivity contribution in [2.24, 2.45) is 17.3 Å². The van der Waals surface area contributed by atoms with Gasteiger partial charge in [0.05, 0.1) is 5.41 Å². The second kappa shape index (κ2) is 8.46. The number of amides is 2. The van der Waals surface area contributed by atoms with Crippen molar-refractivity contribution in [3.8, 4) is 11.1 Å². The fourth-order valence-corrected chi connectivity index (χ4v) is 5.86. The van der Waals surface area contributed by atoms with E-state index in [0.29, 0.717) is 19.3 Å². The zero-order chi connectivity index (χ0) is 24.0. The Balaban J connectivity index is 1.20. The molecule has 2 saturated carbocycles. The molecule has 0 radical (unpaired) electrons. The minimum atomic E-state index is -0.772. The van der Waals surface area contributed by atoms with E-state index in [9.17, 15) is 19.5 Å². The fourth-order valence-electron chi connectivity index (χ4n) is 5.86. The molecule has 0 spiro atoms. The third-order valence-corrected chi connectivity index (χ3v) is 7.75. The summed E-state index contributed by atoms with van der Waals surface area (Å²) >= 11 is 0. The molecule has 3 N–H and O–H groups in total. The first-order valence-corrected chi connectivity index (χ1v) is 12.0. The van der Waals surface area contributed by atoms with E-state index in [0.717, 1.165) is 22.3 Å². The Labute approximate surface area is 198 Å². The zero-order valence-electron chi connectivity index (χ0n) is 19.4. The number of aliphatic carboxylic acids is 1. The van der Waals surface area contributed by atoms with Gasteiger partial charge in [0, 0.05) is 12.0 Å². The highest BCUT2D eigenvalue weighted by atomic mass is 16.5. The van der Waals surface area contributed by atoms with Gasteiger partial charge < -0.3 is 20.5 Å². The van der Waals surface area contributed by atoms with Gasteiger partial charge in [0.25, 0.3) is 0 Å². The number of ether oxygens (including phenoxy) is 1. The summed E-state index contributed by atoms with van der Waals surface area (Å²) in [5.41, 5.74) is 3.90. The third kappa shape index (κ3) is 3.83. The van der Waals surface area contributed by atoms with Crippen LogP contribution in [0.3, 0.4) is 0 Å². The Morgan fingerprint density at radius 2 is 1.65 bits per heavy atom. The molecule has 3 aliphatic carbocycles. The highest BCUT2D eigenvalue weighted by Gasteiger charge is 2.65. The molecule has 0 aliphatic heterocycles. The Kier molecular flexibility index (Phi) is 5.58. The van der Waals surface area contributed by atoms with E-state index in [4.69, 9.17) is 4.74 Å². The molecule has 3 aliphatic rings. The van der Waals surface area contributed by atoms with Gasteiger partial charge in [-0.15, -0.1) is 0 Å². The van der Waals surface area contributed by atoms with Crippen LogP contribution in [0.15, 0.2) is 48.5 Å². The van der Waals surface area contributed by atoms with Crippen LogP contribution < -0.4 is 10.6 Å². The molecule has 7 heteroatoms. The summed E-state index contributed by atoms with van der Waals surface area (Å²) in [4.78, 5) is 37.2. The van der Waals surface area contributed by atoms with Gasteiger partial charge in [-0.2, -0.15) is 0 Å². The summed E-state index contributed by atoms with van der Waals surface area (Å²) in [5, 5.41) is 15.2. The molecule has 2 aromatic rings. The van der Waals surface area contributed by atoms with Gasteiger partial charge >= 0.3 is 12.1 Å². The van der Waals surface area contributed by atoms with Crippen molar-refractivity contribution < 1.29 is 24.2 Å². The Bertz CT molecular complexity index is 1100. The van der Waals surface area contributed by atoms with Gasteiger partial charge in [-0.3, -0.25) is 9.59 Å². The lowest BCUT2D eigenvalue weighted by molar-refractivity contribution is -0.143. The van der Waals surface area contributed by atoms with E-state index < -0.39 is 23.5 Å². The molecule has 0 saturated heterocycles. The van der Waals surface area contributed by atoms with Crippen molar-refractivity contribution in [3.63, 3.8) is 0 Å². The number of rotatable bonds is 7. The van der Waals surface area contributed by atoms with Crippen LogP contribution in [0.25, 0.3) is 11.1 Å². The molecule has 2 aromatic carbocycles. The minimum absolute atomic E-state index is 0.0538. The standard InChI is InChI=1S/C27H30N2O5/c1-15(2)23(24(30)28-17-11-16-12-27(16,13-17)25(31)32)29-26(33)34-14-22-20-9-5-3-7-18(20)19-8-4-6-10-21(19)22/h3-10,15-17,22-23H,11-14H2,1-2H3,(H,28,30)(H,29,33)(H,31,32). The van der Waals surface area contributed by atoms with Crippen molar-refractivity contribution >= 4 is 18.0 Å².